The number of nitrogens with zero attached hydrogens (tertiary/aromatic N) is 2. The molecule has 3 aromatic carbocycles. The van der Waals surface area contributed by atoms with Gasteiger partial charge in [-0.15, -0.1) is 26.3 Å². The van der Waals surface area contributed by atoms with E-state index in [9.17, 15) is 30.6 Å². The molecule has 4 rings (SSSR count). The van der Waals surface area contributed by atoms with Crippen molar-refractivity contribution >= 4 is 28.3 Å². The van der Waals surface area contributed by atoms with Crippen molar-refractivity contribution in [3.05, 3.63) is 77.1 Å². The summed E-state index contributed by atoms with van der Waals surface area (Å²) in [6, 6.07) is 13.0. The third-order valence-electron chi connectivity index (χ3n) is 5.81. The lowest BCUT2D eigenvalue weighted by atomic mass is 9.98. The van der Waals surface area contributed by atoms with Gasteiger partial charge in [-0.2, -0.15) is 9.82 Å². The molecule has 220 valence electrons. The van der Waals surface area contributed by atoms with E-state index in [1.54, 1.807) is 31.6 Å². The van der Waals surface area contributed by atoms with Crippen LogP contribution in [-0.4, -0.2) is 28.0 Å². The molecule has 0 aliphatic carbocycles. The Hall–Kier alpha value is -3.75. The number of nitrogens with one attached hydrogen (secondary N) is 1. The molecule has 1 aromatic heterocycles. The minimum absolute atomic E-state index is 0. The van der Waals surface area contributed by atoms with Gasteiger partial charge >= 0.3 is 12.7 Å². The average molecular weight is 622 g/mol. The molecule has 7 nitrogen and oxygen atoms in total. The first kappa shape index (κ1) is 31.8. The lowest BCUT2D eigenvalue weighted by Gasteiger charge is -2.14. The van der Waals surface area contributed by atoms with E-state index in [0.717, 1.165) is 24.3 Å². The summed E-state index contributed by atoms with van der Waals surface area (Å²) in [7, 11) is -0.684. The number of aromatic nitrogens is 2. The topological polar surface area (TPSA) is 95.4 Å². The SMILES string of the molecule is Cc1nn(C)c(C)c1N[SH+](=O)c1c(Cl)cc(-c2ccc(OC(F)(F)F)cc2)cc1-c1ccc(OC(F)(F)F)cc1.[OH-]. The van der Waals surface area contributed by atoms with Crippen LogP contribution in [0.3, 0.4) is 0 Å². The van der Waals surface area contributed by atoms with Crippen LogP contribution in [0.1, 0.15) is 11.4 Å². The monoisotopic (exact) mass is 621 g/mol. The Bertz CT molecular complexity index is 1560. The van der Waals surface area contributed by atoms with Gasteiger partial charge in [0, 0.05) is 12.6 Å². The highest BCUT2D eigenvalue weighted by atomic mass is 35.5. The third kappa shape index (κ3) is 7.71. The molecule has 0 saturated carbocycles. The number of aryl methyl sites for hydroxylation is 2. The smallest absolute Gasteiger partial charge is 0.573 e. The standard InChI is InChI=1S/C26H20ClF6N3O3S.H2O/c1-14-23(15(2)36(3)34-14)35-40(37)24-21(17-6-10-20(11-7-17)39-26(31,32)33)12-18(13-22(24)27)16-4-8-19(9-5-16)38-25(28,29)30;/h4-13H,1-3H3,(H,35,37);1H2. The largest absolute Gasteiger partial charge is 0.870 e. The number of alkyl halides is 6. The zero-order valence-electron chi connectivity index (χ0n) is 21.4. The van der Waals surface area contributed by atoms with Crippen molar-refractivity contribution < 1.29 is 45.5 Å². The van der Waals surface area contributed by atoms with E-state index in [0.29, 0.717) is 39.3 Å². The van der Waals surface area contributed by atoms with Crippen LogP contribution in [0.15, 0.2) is 65.6 Å². The summed E-state index contributed by atoms with van der Waals surface area (Å²) in [5, 5.41) is 4.35. The van der Waals surface area contributed by atoms with E-state index in [1.807, 2.05) is 0 Å². The molecule has 1 heterocycles. The second-order valence-electron chi connectivity index (χ2n) is 8.57. The quantitative estimate of drug-likeness (QED) is 0.129. The summed E-state index contributed by atoms with van der Waals surface area (Å²) in [4.78, 5) is 0.171. The summed E-state index contributed by atoms with van der Waals surface area (Å²) in [5.41, 5.74) is 3.44. The maximum atomic E-state index is 13.6. The number of thiol groups is 1. The molecule has 41 heavy (non-hydrogen) atoms. The van der Waals surface area contributed by atoms with Gasteiger partial charge in [-0.25, -0.2) is 0 Å². The molecule has 0 saturated heterocycles. The Morgan fingerprint density at radius 2 is 1.32 bits per heavy atom. The van der Waals surface area contributed by atoms with Gasteiger partial charge in [0.1, 0.15) is 17.2 Å². The highest BCUT2D eigenvalue weighted by Gasteiger charge is 2.32. The van der Waals surface area contributed by atoms with Crippen molar-refractivity contribution in [1.29, 1.82) is 0 Å². The lowest BCUT2D eigenvalue weighted by Crippen LogP contribution is -2.16. The van der Waals surface area contributed by atoms with Gasteiger partial charge < -0.3 is 14.9 Å². The Morgan fingerprint density at radius 1 is 0.829 bits per heavy atom. The molecule has 0 aliphatic heterocycles. The third-order valence-corrected chi connectivity index (χ3v) is 7.55. The predicted octanol–water partition coefficient (Wildman–Crippen LogP) is 7.73. The molecular weight excluding hydrogens is 600 g/mol. The molecule has 2 N–H and O–H groups in total. The molecule has 0 amide bonds. The van der Waals surface area contributed by atoms with Gasteiger partial charge in [0.25, 0.3) is 0 Å². The van der Waals surface area contributed by atoms with Crippen molar-refractivity contribution in [2.45, 2.75) is 31.5 Å². The van der Waals surface area contributed by atoms with Crippen molar-refractivity contribution in [2.75, 3.05) is 4.72 Å². The zero-order valence-corrected chi connectivity index (χ0v) is 23.1. The summed E-state index contributed by atoms with van der Waals surface area (Å²) in [5.74, 6) is -0.877. The maximum absolute atomic E-state index is 13.6. The molecule has 0 radical (unpaired) electrons. The second-order valence-corrected chi connectivity index (χ2v) is 10.2. The number of halogens is 7. The molecule has 4 aromatic rings. The predicted molar refractivity (Wildman–Crippen MR) is 142 cm³/mol. The molecule has 1 unspecified atom stereocenters. The summed E-state index contributed by atoms with van der Waals surface area (Å²) in [6.45, 7) is 3.51. The first-order valence-electron chi connectivity index (χ1n) is 11.4. The molecular formula is C26H22ClF6N3O4S. The van der Waals surface area contributed by atoms with Crippen LogP contribution in [0.4, 0.5) is 32.0 Å². The fraction of sp³-hybridized carbons (Fsp3) is 0.192. The second kappa shape index (κ2) is 12.0. The first-order valence-corrected chi connectivity index (χ1v) is 13.0. The average Bonchev–Trinajstić information content (AvgIpc) is 3.08. The maximum Gasteiger partial charge on any atom is 0.573 e. The molecule has 1 atom stereocenters. The Labute approximate surface area is 237 Å². The zero-order chi connectivity index (χ0) is 29.4. The van der Waals surface area contributed by atoms with Crippen molar-refractivity contribution in [3.63, 3.8) is 0 Å². The van der Waals surface area contributed by atoms with Gasteiger partial charge in [0.15, 0.2) is 11.0 Å². The minimum atomic E-state index is -4.88. The lowest BCUT2D eigenvalue weighted by molar-refractivity contribution is -0.275. The van der Waals surface area contributed by atoms with Crippen LogP contribution >= 0.6 is 11.6 Å². The Morgan fingerprint density at radius 3 is 1.76 bits per heavy atom. The van der Waals surface area contributed by atoms with Crippen LogP contribution in [0.25, 0.3) is 22.3 Å². The summed E-state index contributed by atoms with van der Waals surface area (Å²) in [6.07, 6.45) is -9.74. The van der Waals surface area contributed by atoms with E-state index < -0.39 is 35.2 Å². The van der Waals surface area contributed by atoms with Crippen LogP contribution in [0.5, 0.6) is 11.5 Å². The fourth-order valence-corrected chi connectivity index (χ4v) is 5.73. The van der Waals surface area contributed by atoms with E-state index in [2.05, 4.69) is 19.3 Å². The minimum Gasteiger partial charge on any atom is -0.870 e. The van der Waals surface area contributed by atoms with Gasteiger partial charge in [-0.1, -0.05) is 40.1 Å². The van der Waals surface area contributed by atoms with E-state index in [4.69, 9.17) is 11.6 Å². The number of hydrogen-bond donors (Lipinski definition) is 1. The Kier molecular flexibility index (Phi) is 9.30. The van der Waals surface area contributed by atoms with Gasteiger partial charge in [-0.05, 0) is 66.9 Å². The van der Waals surface area contributed by atoms with Crippen LogP contribution in [0, 0.1) is 13.8 Å². The number of ether oxygens (including phenoxy) is 2. The van der Waals surface area contributed by atoms with Gasteiger partial charge in [0.2, 0.25) is 4.90 Å². The molecule has 15 heteroatoms. The molecule has 0 aliphatic rings. The van der Waals surface area contributed by atoms with Crippen molar-refractivity contribution in [1.82, 2.24) is 9.78 Å². The van der Waals surface area contributed by atoms with Crippen molar-refractivity contribution in [3.8, 4) is 33.8 Å². The van der Waals surface area contributed by atoms with Crippen LogP contribution in [0.2, 0.25) is 5.02 Å². The number of benzene rings is 3. The number of rotatable bonds is 7. The van der Waals surface area contributed by atoms with Crippen LogP contribution < -0.4 is 14.2 Å². The fourth-order valence-electron chi connectivity index (χ4n) is 3.97. The van der Waals surface area contributed by atoms with Crippen molar-refractivity contribution in [2.24, 2.45) is 7.05 Å². The van der Waals surface area contributed by atoms with Crippen LogP contribution in [-0.2, 0) is 22.2 Å². The van der Waals surface area contributed by atoms with E-state index in [-0.39, 0.29) is 15.4 Å². The van der Waals surface area contributed by atoms with Gasteiger partial charge in [0.05, 0.1) is 16.4 Å². The first-order chi connectivity index (χ1) is 18.6. The summed E-state index contributed by atoms with van der Waals surface area (Å²) >= 11 is 6.63. The molecule has 0 spiro atoms. The van der Waals surface area contributed by atoms with E-state index >= 15 is 0 Å². The van der Waals surface area contributed by atoms with Gasteiger partial charge in [-0.3, -0.25) is 4.68 Å². The Balaban J connectivity index is 0.00000462. The van der Waals surface area contributed by atoms with E-state index in [1.165, 1.54) is 30.3 Å². The molecule has 0 bridgehead atoms. The highest BCUT2D eigenvalue weighted by Crippen LogP contribution is 2.39. The highest BCUT2D eigenvalue weighted by molar-refractivity contribution is 7.86. The number of anilines is 1. The summed E-state index contributed by atoms with van der Waals surface area (Å²) < 4.78 is 102. The number of hydrogen-bond acceptors (Lipinski definition) is 5. The normalized spacial score (nSPS) is 12.4. The molecule has 0 fully saturated rings.